The Hall–Kier alpha value is -6.36. The van der Waals surface area contributed by atoms with Gasteiger partial charge in [-0.3, -0.25) is 0 Å². The molecule has 0 saturated carbocycles. The van der Waals surface area contributed by atoms with Gasteiger partial charge in [-0.05, 0) is 0 Å². The highest BCUT2D eigenvalue weighted by molar-refractivity contribution is 6.03. The molecule has 3 aromatic carbocycles. The lowest BCUT2D eigenvalue weighted by Crippen LogP contribution is -2.47. The number of halogens is 14. The zero-order chi connectivity index (χ0) is 39.6. The third-order valence-electron chi connectivity index (χ3n) is 6.87. The number of carboxylic acid groups (broad SMARTS) is 4. The molecule has 52 heavy (non-hydrogen) atoms. The van der Waals surface area contributed by atoms with Crippen LogP contribution in [0.4, 0.5) is 61.5 Å². The summed E-state index contributed by atoms with van der Waals surface area (Å²) >= 11 is 0. The molecule has 1 aliphatic carbocycles. The quantitative estimate of drug-likeness (QED) is 0.104. The largest absolute Gasteiger partial charge is 0.478 e. The van der Waals surface area contributed by atoms with Crippen LogP contribution in [0, 0.1) is 64.0 Å². The minimum atomic E-state index is -4.97. The summed E-state index contributed by atoms with van der Waals surface area (Å²) in [5.41, 5.74) is -17.3. The van der Waals surface area contributed by atoms with Crippen molar-refractivity contribution in [1.82, 2.24) is 0 Å². The third-order valence-corrected chi connectivity index (χ3v) is 6.87. The van der Waals surface area contributed by atoms with Gasteiger partial charge in [-0.1, -0.05) is 0 Å². The van der Waals surface area contributed by atoms with E-state index in [9.17, 15) is 55.0 Å². The highest BCUT2D eigenvalue weighted by Crippen LogP contribution is 2.49. The highest BCUT2D eigenvalue weighted by atomic mass is 19.2. The first kappa shape index (κ1) is 38.4. The minimum Gasteiger partial charge on any atom is -0.478 e. The normalized spacial score (nSPS) is 17.2. The fraction of sp³-hybridized carbons (Fsp3) is 0.0714. The van der Waals surface area contributed by atoms with E-state index in [0.29, 0.717) is 0 Å². The number of ether oxygens (including phenoxy) is 2. The lowest BCUT2D eigenvalue weighted by molar-refractivity contribution is 0.0103. The number of rotatable bonds is 9. The van der Waals surface area contributed by atoms with Crippen molar-refractivity contribution in [3.8, 4) is 11.5 Å². The summed E-state index contributed by atoms with van der Waals surface area (Å²) in [7, 11) is 0. The van der Waals surface area contributed by atoms with E-state index in [2.05, 4.69) is 9.47 Å². The summed E-state index contributed by atoms with van der Waals surface area (Å²) in [5, 5.41) is 36.3. The molecule has 0 spiro atoms. The van der Waals surface area contributed by atoms with Gasteiger partial charge in [0.25, 0.3) is 0 Å². The van der Waals surface area contributed by atoms with Crippen LogP contribution in [0.25, 0.3) is 0 Å². The van der Waals surface area contributed by atoms with E-state index in [1.54, 1.807) is 0 Å². The predicted octanol–water partition coefficient (Wildman–Crippen LogP) is 6.75. The van der Waals surface area contributed by atoms with E-state index < -0.39 is 162 Å². The van der Waals surface area contributed by atoms with E-state index in [-0.39, 0.29) is 0 Å². The summed E-state index contributed by atoms with van der Waals surface area (Å²) in [6.45, 7) is 0. The lowest BCUT2D eigenvalue weighted by atomic mass is 9.82. The van der Waals surface area contributed by atoms with E-state index in [1.165, 1.54) is 0 Å². The molecule has 2 unspecified atom stereocenters. The van der Waals surface area contributed by atoms with Crippen molar-refractivity contribution in [3.05, 3.63) is 115 Å². The Kier molecular flexibility index (Phi) is 9.66. The van der Waals surface area contributed by atoms with E-state index in [0.717, 1.165) is 0 Å². The van der Waals surface area contributed by atoms with E-state index in [4.69, 9.17) is 15.3 Å². The van der Waals surface area contributed by atoms with Crippen LogP contribution in [-0.2, 0) is 5.60 Å². The number of aromatic carboxylic acids is 4. The Morgan fingerprint density at radius 1 is 0.500 bits per heavy atom. The standard InChI is InChI=1S/C28H6F14O10/c29-2-1-28(7-12(34)14(36)16(38)15(37)13(7)35,52-22-11(33)6(27(49)50)4(25(45)46)9(31)18(22)40)23(42)19(41)20(2)51-21-10(32)5(26(47)48)3(24(43)44)8(30)17(21)39/h1,23H,(H,43,44)(H,45,46)(H,47,48)(H,49,50). The number of alkyl halides is 1. The molecule has 0 heterocycles. The Labute approximate surface area is 273 Å². The zero-order valence-corrected chi connectivity index (χ0v) is 23.7. The number of allylic oxidation sites excluding steroid dienone is 1. The molecule has 0 amide bonds. The lowest BCUT2D eigenvalue weighted by Gasteiger charge is -2.37. The van der Waals surface area contributed by atoms with Crippen molar-refractivity contribution in [2.24, 2.45) is 0 Å². The molecule has 3 aromatic rings. The summed E-state index contributed by atoms with van der Waals surface area (Å²) < 4.78 is 217. The van der Waals surface area contributed by atoms with Crippen LogP contribution in [0.2, 0.25) is 0 Å². The first-order valence-corrected chi connectivity index (χ1v) is 12.6. The van der Waals surface area contributed by atoms with Gasteiger partial charge in [-0.25, -0.2) is 71.9 Å². The van der Waals surface area contributed by atoms with Crippen molar-refractivity contribution in [1.29, 1.82) is 0 Å². The number of benzene rings is 3. The van der Waals surface area contributed by atoms with Crippen LogP contribution < -0.4 is 9.47 Å². The minimum absolute atomic E-state index is 1.06. The Bertz CT molecular complexity index is 2210. The second kappa shape index (κ2) is 13.1. The third kappa shape index (κ3) is 5.54. The van der Waals surface area contributed by atoms with Crippen LogP contribution in [0.1, 0.15) is 47.0 Å². The van der Waals surface area contributed by atoms with Gasteiger partial charge in [-0.15, -0.1) is 0 Å². The monoisotopic (exact) mass is 768 g/mol. The molecule has 0 aliphatic heterocycles. The molecule has 0 saturated heterocycles. The van der Waals surface area contributed by atoms with Gasteiger partial charge in [0.1, 0.15) is 22.3 Å². The van der Waals surface area contributed by atoms with Crippen LogP contribution in [-0.4, -0.2) is 50.5 Å². The Morgan fingerprint density at radius 2 is 0.846 bits per heavy atom. The van der Waals surface area contributed by atoms with E-state index >= 15 is 30.7 Å². The maximum Gasteiger partial charge on any atom is 0.339 e. The molecule has 0 bridgehead atoms. The molecule has 24 heteroatoms. The van der Waals surface area contributed by atoms with Gasteiger partial charge >= 0.3 is 23.9 Å². The second-order valence-corrected chi connectivity index (χ2v) is 9.74. The molecular weight excluding hydrogens is 762 g/mol. The average molecular weight is 768 g/mol. The van der Waals surface area contributed by atoms with Crippen molar-refractivity contribution in [2.45, 2.75) is 11.8 Å². The van der Waals surface area contributed by atoms with Gasteiger partial charge in [0, 0.05) is 6.08 Å². The summed E-state index contributed by atoms with van der Waals surface area (Å²) in [6.07, 6.45) is -5.68. The molecular formula is C28H6F14O10. The summed E-state index contributed by atoms with van der Waals surface area (Å²) in [5.74, 6) is -58.7. The number of hydrogen-bond donors (Lipinski definition) is 4. The molecule has 2 atom stereocenters. The topological polar surface area (TPSA) is 168 Å². The summed E-state index contributed by atoms with van der Waals surface area (Å²) in [4.78, 5) is 45.4. The van der Waals surface area contributed by atoms with Crippen molar-refractivity contribution in [2.75, 3.05) is 0 Å². The number of carboxylic acids is 4. The molecule has 0 aromatic heterocycles. The maximum atomic E-state index is 16.1. The average Bonchev–Trinajstić information content (AvgIpc) is 3.05. The van der Waals surface area contributed by atoms with Crippen molar-refractivity contribution in [3.63, 3.8) is 0 Å². The highest BCUT2D eigenvalue weighted by Gasteiger charge is 2.56. The molecule has 0 fully saturated rings. The van der Waals surface area contributed by atoms with Gasteiger partial charge in [-0.2, -0.15) is 8.78 Å². The molecule has 4 rings (SSSR count). The number of carbonyl (C=O) groups is 4. The molecule has 276 valence electrons. The fourth-order valence-corrected chi connectivity index (χ4v) is 4.65. The smallest absolute Gasteiger partial charge is 0.339 e. The predicted molar refractivity (Wildman–Crippen MR) is 132 cm³/mol. The van der Waals surface area contributed by atoms with Crippen LogP contribution in [0.3, 0.4) is 0 Å². The molecule has 1 aliphatic rings. The van der Waals surface area contributed by atoms with Gasteiger partial charge in [0.2, 0.25) is 29.4 Å². The van der Waals surface area contributed by atoms with Crippen molar-refractivity contribution >= 4 is 23.9 Å². The molecule has 4 N–H and O–H groups in total. The molecule has 10 nitrogen and oxygen atoms in total. The zero-order valence-electron chi connectivity index (χ0n) is 23.7. The van der Waals surface area contributed by atoms with Gasteiger partial charge < -0.3 is 29.9 Å². The first-order chi connectivity index (χ1) is 24.0. The van der Waals surface area contributed by atoms with Crippen LogP contribution in [0.15, 0.2) is 23.5 Å². The Morgan fingerprint density at radius 3 is 1.25 bits per heavy atom. The van der Waals surface area contributed by atoms with Crippen molar-refractivity contribution < 1.29 is 111 Å². The molecule has 0 radical (unpaired) electrons. The van der Waals surface area contributed by atoms with Crippen LogP contribution in [0.5, 0.6) is 11.5 Å². The second-order valence-electron chi connectivity index (χ2n) is 9.74. The number of hydrogen-bond acceptors (Lipinski definition) is 6. The first-order valence-electron chi connectivity index (χ1n) is 12.6. The van der Waals surface area contributed by atoms with Gasteiger partial charge in [0.15, 0.2) is 75.3 Å². The van der Waals surface area contributed by atoms with E-state index in [1.807, 2.05) is 0 Å². The fourth-order valence-electron chi connectivity index (χ4n) is 4.65. The SMILES string of the molecule is O=C(O)c1c(F)c(F)c(OC2=C(F)C(F)C(Oc3c(F)c(F)c(C(=O)O)c(C(=O)O)c3F)(c3c(F)c(F)c(F)c(F)c3F)C=C2F)c(F)c1C(=O)O. The Balaban J connectivity index is 2.11. The summed E-state index contributed by atoms with van der Waals surface area (Å²) in [6, 6.07) is 0. The van der Waals surface area contributed by atoms with Crippen LogP contribution >= 0.6 is 0 Å². The maximum absolute atomic E-state index is 16.1. The van der Waals surface area contributed by atoms with Gasteiger partial charge in [0.05, 0.1) is 5.56 Å².